The smallest absolute Gasteiger partial charge is 0.307 e. The average Bonchev–Trinajstić information content (AvgIpc) is 1.58. The number of esters is 1. The second kappa shape index (κ2) is 6.43. The Morgan fingerprint density at radius 2 is 1.91 bits per heavy atom. The zero-order valence-corrected chi connectivity index (χ0v) is 7.98. The number of halogens is 1. The van der Waals surface area contributed by atoms with Gasteiger partial charge < -0.3 is 10.5 Å². The first kappa shape index (κ1) is 13.3. The van der Waals surface area contributed by atoms with Crippen LogP contribution in [-0.4, -0.2) is 18.1 Å². The normalized spacial score (nSPS) is 12.1. The molecule has 11 heavy (non-hydrogen) atoms. The van der Waals surface area contributed by atoms with E-state index in [1.807, 2.05) is 13.8 Å². The highest BCUT2D eigenvalue weighted by Gasteiger charge is 2.06. The summed E-state index contributed by atoms with van der Waals surface area (Å²) in [5, 5.41) is 0. The standard InChI is InChI=1S/C7H15NO2.ClH/c1-5(2)10-7(9)4-6(3)8;/h5-6H,4,8H2,1-3H3;1H/t6-;/m0./s1. The minimum absolute atomic E-state index is 0. The molecule has 0 spiro atoms. The number of nitrogens with two attached hydrogens (primary N) is 1. The Labute approximate surface area is 73.7 Å². The Balaban J connectivity index is 0. The van der Waals surface area contributed by atoms with Crippen LogP contribution in [0.25, 0.3) is 0 Å². The maximum Gasteiger partial charge on any atom is 0.307 e. The number of hydrogen-bond acceptors (Lipinski definition) is 3. The number of hydrogen-bond donors (Lipinski definition) is 1. The Hall–Kier alpha value is -0.280. The van der Waals surface area contributed by atoms with Gasteiger partial charge in [0.1, 0.15) is 0 Å². The molecule has 3 nitrogen and oxygen atoms in total. The Morgan fingerprint density at radius 1 is 1.45 bits per heavy atom. The SMILES string of the molecule is CC(C)OC(=O)C[C@H](C)N.Cl. The third kappa shape index (κ3) is 9.72. The van der Waals surface area contributed by atoms with Gasteiger partial charge in [-0.2, -0.15) is 0 Å². The van der Waals surface area contributed by atoms with E-state index in [2.05, 4.69) is 0 Å². The summed E-state index contributed by atoms with van der Waals surface area (Å²) in [6.07, 6.45) is 0.268. The molecule has 0 saturated heterocycles. The summed E-state index contributed by atoms with van der Waals surface area (Å²) in [5.74, 6) is -0.218. The maximum absolute atomic E-state index is 10.8. The third-order valence-electron chi connectivity index (χ3n) is 0.856. The van der Waals surface area contributed by atoms with Crippen LogP contribution in [-0.2, 0) is 9.53 Å². The fourth-order valence-electron chi connectivity index (χ4n) is 0.574. The van der Waals surface area contributed by atoms with Gasteiger partial charge in [0.15, 0.2) is 0 Å². The lowest BCUT2D eigenvalue weighted by atomic mass is 10.2. The monoisotopic (exact) mass is 181 g/mol. The van der Waals surface area contributed by atoms with Crippen LogP contribution in [0.5, 0.6) is 0 Å². The third-order valence-corrected chi connectivity index (χ3v) is 0.856. The number of carbonyl (C=O) groups is 1. The molecule has 4 heteroatoms. The molecule has 68 valence electrons. The molecule has 0 aliphatic heterocycles. The zero-order valence-electron chi connectivity index (χ0n) is 7.16. The largest absolute Gasteiger partial charge is 0.463 e. The summed E-state index contributed by atoms with van der Waals surface area (Å²) < 4.78 is 4.84. The first-order valence-electron chi connectivity index (χ1n) is 3.47. The highest BCUT2D eigenvalue weighted by molar-refractivity contribution is 5.85. The van der Waals surface area contributed by atoms with Crippen LogP contribution in [0.1, 0.15) is 27.2 Å². The second-order valence-corrected chi connectivity index (χ2v) is 2.72. The van der Waals surface area contributed by atoms with E-state index >= 15 is 0 Å². The summed E-state index contributed by atoms with van der Waals surface area (Å²) in [7, 11) is 0. The molecule has 0 aliphatic rings. The molecule has 0 fully saturated rings. The van der Waals surface area contributed by atoms with Gasteiger partial charge in [0.25, 0.3) is 0 Å². The van der Waals surface area contributed by atoms with Gasteiger partial charge in [0, 0.05) is 6.04 Å². The van der Waals surface area contributed by atoms with Crippen molar-refractivity contribution < 1.29 is 9.53 Å². The van der Waals surface area contributed by atoms with Crippen LogP contribution in [0.2, 0.25) is 0 Å². The highest BCUT2D eigenvalue weighted by atomic mass is 35.5. The second-order valence-electron chi connectivity index (χ2n) is 2.72. The van der Waals surface area contributed by atoms with Crippen molar-refractivity contribution in [3.63, 3.8) is 0 Å². The quantitative estimate of drug-likeness (QED) is 0.664. The van der Waals surface area contributed by atoms with Crippen molar-refractivity contribution in [2.24, 2.45) is 5.73 Å². The summed E-state index contributed by atoms with van der Waals surface area (Å²) in [5.41, 5.74) is 5.37. The molecule has 2 N–H and O–H groups in total. The number of carbonyl (C=O) groups excluding carboxylic acids is 1. The van der Waals surface area contributed by atoms with Crippen molar-refractivity contribution in [3.8, 4) is 0 Å². The Morgan fingerprint density at radius 3 is 2.18 bits per heavy atom. The summed E-state index contributed by atoms with van der Waals surface area (Å²) in [4.78, 5) is 10.8. The van der Waals surface area contributed by atoms with Crippen LogP contribution in [0.4, 0.5) is 0 Å². The van der Waals surface area contributed by atoms with Crippen LogP contribution >= 0.6 is 12.4 Å². The number of ether oxygens (including phenoxy) is 1. The highest BCUT2D eigenvalue weighted by Crippen LogP contribution is 1.94. The van der Waals surface area contributed by atoms with Gasteiger partial charge in [-0.1, -0.05) is 0 Å². The van der Waals surface area contributed by atoms with E-state index in [0.29, 0.717) is 6.42 Å². The lowest BCUT2D eigenvalue weighted by Gasteiger charge is -2.08. The van der Waals surface area contributed by atoms with E-state index in [1.165, 1.54) is 0 Å². The van der Waals surface area contributed by atoms with Crippen LogP contribution in [0.15, 0.2) is 0 Å². The minimum Gasteiger partial charge on any atom is -0.463 e. The van der Waals surface area contributed by atoms with Crippen LogP contribution < -0.4 is 5.73 Å². The van der Waals surface area contributed by atoms with Gasteiger partial charge in [-0.3, -0.25) is 4.79 Å². The van der Waals surface area contributed by atoms with E-state index in [-0.39, 0.29) is 30.5 Å². The predicted octanol–water partition coefficient (Wildman–Crippen LogP) is 1.10. The lowest BCUT2D eigenvalue weighted by molar-refractivity contribution is -0.147. The minimum atomic E-state index is -0.218. The molecule has 0 aromatic carbocycles. The van der Waals surface area contributed by atoms with E-state index in [4.69, 9.17) is 10.5 Å². The first-order valence-corrected chi connectivity index (χ1v) is 3.47. The van der Waals surface area contributed by atoms with Gasteiger partial charge in [-0.15, -0.1) is 12.4 Å². The first-order chi connectivity index (χ1) is 4.52. The van der Waals surface area contributed by atoms with Crippen molar-refractivity contribution in [3.05, 3.63) is 0 Å². The molecule has 0 rings (SSSR count). The van der Waals surface area contributed by atoms with E-state index in [0.717, 1.165) is 0 Å². The summed E-state index contributed by atoms with van der Waals surface area (Å²) in [6.45, 7) is 5.42. The van der Waals surface area contributed by atoms with Crippen molar-refractivity contribution in [2.75, 3.05) is 0 Å². The molecule has 0 amide bonds. The summed E-state index contributed by atoms with van der Waals surface area (Å²) >= 11 is 0. The fraction of sp³-hybridized carbons (Fsp3) is 0.857. The Bertz CT molecular complexity index is 103. The van der Waals surface area contributed by atoms with Crippen molar-refractivity contribution in [1.82, 2.24) is 0 Å². The van der Waals surface area contributed by atoms with E-state index in [9.17, 15) is 4.79 Å². The molecule has 0 saturated carbocycles. The van der Waals surface area contributed by atoms with Gasteiger partial charge in [-0.05, 0) is 20.8 Å². The summed E-state index contributed by atoms with van der Waals surface area (Å²) in [6, 6.07) is -0.105. The van der Waals surface area contributed by atoms with Crippen LogP contribution in [0, 0.1) is 0 Å². The molecule has 0 radical (unpaired) electrons. The zero-order chi connectivity index (χ0) is 8.15. The van der Waals surface area contributed by atoms with Crippen molar-refractivity contribution >= 4 is 18.4 Å². The van der Waals surface area contributed by atoms with Gasteiger partial charge in [0.2, 0.25) is 0 Å². The molecule has 0 bridgehead atoms. The topological polar surface area (TPSA) is 52.3 Å². The molecule has 1 atom stereocenters. The molecule has 0 heterocycles. The molecular formula is C7H16ClNO2. The lowest BCUT2D eigenvalue weighted by Crippen LogP contribution is -2.22. The van der Waals surface area contributed by atoms with Gasteiger partial charge in [-0.25, -0.2) is 0 Å². The number of rotatable bonds is 3. The molecule has 0 aromatic heterocycles. The Kier molecular flexibility index (Phi) is 7.79. The fourth-order valence-corrected chi connectivity index (χ4v) is 0.574. The molecule has 0 aromatic rings. The van der Waals surface area contributed by atoms with Crippen molar-refractivity contribution in [1.29, 1.82) is 0 Å². The maximum atomic E-state index is 10.8. The van der Waals surface area contributed by atoms with E-state index in [1.54, 1.807) is 6.92 Å². The predicted molar refractivity (Wildman–Crippen MR) is 46.7 cm³/mol. The van der Waals surface area contributed by atoms with Crippen molar-refractivity contribution in [2.45, 2.75) is 39.3 Å². The molecule has 0 unspecified atom stereocenters. The van der Waals surface area contributed by atoms with Crippen LogP contribution in [0.3, 0.4) is 0 Å². The van der Waals surface area contributed by atoms with E-state index < -0.39 is 0 Å². The van der Waals surface area contributed by atoms with Gasteiger partial charge >= 0.3 is 5.97 Å². The molecular weight excluding hydrogens is 166 g/mol. The average molecular weight is 182 g/mol. The van der Waals surface area contributed by atoms with Gasteiger partial charge in [0.05, 0.1) is 12.5 Å². The molecule has 0 aliphatic carbocycles.